The Bertz CT molecular complexity index is 693. The first-order chi connectivity index (χ1) is 9.89. The van der Waals surface area contributed by atoms with E-state index < -0.39 is 12.1 Å². The molecule has 0 unspecified atom stereocenters. The van der Waals surface area contributed by atoms with Crippen LogP contribution in [0.1, 0.15) is 5.56 Å². The molecule has 0 radical (unpaired) electrons. The molecule has 21 heavy (non-hydrogen) atoms. The fraction of sp³-hybridized carbons (Fsp3) is 0.0714. The van der Waals surface area contributed by atoms with Crippen LogP contribution in [0.4, 0.5) is 18.9 Å². The number of para-hydroxylation sites is 2. The lowest BCUT2D eigenvalue weighted by Gasteiger charge is -2.14. The van der Waals surface area contributed by atoms with Gasteiger partial charge in [0, 0.05) is 6.07 Å². The second kappa shape index (κ2) is 5.63. The van der Waals surface area contributed by atoms with Crippen LogP contribution in [0, 0.1) is 11.3 Å². The third kappa shape index (κ3) is 3.79. The third-order valence-corrected chi connectivity index (χ3v) is 2.45. The number of alkyl halides is 3. The quantitative estimate of drug-likeness (QED) is 0.873. The van der Waals surface area contributed by atoms with E-state index in [1.807, 2.05) is 6.07 Å². The normalized spacial score (nSPS) is 10.8. The minimum atomic E-state index is -4.82. The summed E-state index contributed by atoms with van der Waals surface area (Å²) in [6, 6.07) is 11.4. The number of ether oxygens (including phenoxy) is 2. The number of nitrogens with two attached hydrogens (primary N) is 1. The number of anilines is 1. The lowest BCUT2D eigenvalue weighted by atomic mass is 10.2. The molecule has 0 atom stereocenters. The molecule has 108 valence electrons. The predicted molar refractivity (Wildman–Crippen MR) is 68.8 cm³/mol. The lowest BCUT2D eigenvalue weighted by Crippen LogP contribution is -2.17. The van der Waals surface area contributed by atoms with E-state index in [9.17, 15) is 13.2 Å². The van der Waals surface area contributed by atoms with Crippen LogP contribution in [0.15, 0.2) is 42.5 Å². The van der Waals surface area contributed by atoms with E-state index in [4.69, 9.17) is 15.7 Å². The number of halogens is 3. The summed E-state index contributed by atoms with van der Waals surface area (Å²) >= 11 is 0. The summed E-state index contributed by atoms with van der Waals surface area (Å²) < 4.78 is 46.1. The molecule has 2 aromatic rings. The number of hydrogen-bond donors (Lipinski definition) is 1. The summed E-state index contributed by atoms with van der Waals surface area (Å²) in [5, 5.41) is 8.75. The van der Waals surface area contributed by atoms with Gasteiger partial charge in [-0.3, -0.25) is 0 Å². The first-order valence-corrected chi connectivity index (χ1v) is 5.71. The van der Waals surface area contributed by atoms with Crippen molar-refractivity contribution in [3.8, 4) is 23.3 Å². The van der Waals surface area contributed by atoms with E-state index in [0.29, 0.717) is 0 Å². The van der Waals surface area contributed by atoms with Crippen molar-refractivity contribution in [3.05, 3.63) is 48.0 Å². The van der Waals surface area contributed by atoms with Gasteiger partial charge < -0.3 is 15.2 Å². The van der Waals surface area contributed by atoms with Crippen molar-refractivity contribution in [3.63, 3.8) is 0 Å². The molecule has 4 nitrogen and oxygen atoms in total. The van der Waals surface area contributed by atoms with Crippen molar-refractivity contribution in [2.24, 2.45) is 0 Å². The minimum Gasteiger partial charge on any atom is -0.453 e. The van der Waals surface area contributed by atoms with Crippen molar-refractivity contribution in [1.29, 1.82) is 5.26 Å². The average molecular weight is 294 g/mol. The molecule has 2 aromatic carbocycles. The number of nitrogen functional groups attached to an aromatic ring is 1. The van der Waals surface area contributed by atoms with Crippen LogP contribution in [-0.2, 0) is 0 Å². The first kappa shape index (κ1) is 14.5. The van der Waals surface area contributed by atoms with Crippen LogP contribution in [-0.4, -0.2) is 6.36 Å². The van der Waals surface area contributed by atoms with Gasteiger partial charge in [-0.15, -0.1) is 13.2 Å². The first-order valence-electron chi connectivity index (χ1n) is 5.71. The zero-order chi connectivity index (χ0) is 15.5. The SMILES string of the molecule is N#Cc1ccc(Oc2ccccc2OC(F)(F)F)cc1N. The van der Waals surface area contributed by atoms with Crippen LogP contribution < -0.4 is 15.2 Å². The fourth-order valence-corrected chi connectivity index (χ4v) is 1.58. The maximum absolute atomic E-state index is 12.3. The Kier molecular flexibility index (Phi) is 3.89. The highest BCUT2D eigenvalue weighted by molar-refractivity contribution is 5.58. The molecule has 0 fully saturated rings. The Balaban J connectivity index is 2.28. The van der Waals surface area contributed by atoms with Crippen molar-refractivity contribution >= 4 is 5.69 Å². The van der Waals surface area contributed by atoms with Crippen LogP contribution in [0.2, 0.25) is 0 Å². The van der Waals surface area contributed by atoms with E-state index in [1.165, 1.54) is 36.4 Å². The zero-order valence-electron chi connectivity index (χ0n) is 10.5. The summed E-state index contributed by atoms with van der Waals surface area (Å²) in [5.74, 6) is -0.378. The Hall–Kier alpha value is -2.88. The van der Waals surface area contributed by atoms with Gasteiger partial charge in [-0.2, -0.15) is 5.26 Å². The number of hydrogen-bond acceptors (Lipinski definition) is 4. The Morgan fingerprint density at radius 3 is 2.29 bits per heavy atom. The molecule has 0 spiro atoms. The van der Waals surface area contributed by atoms with Gasteiger partial charge in [0.1, 0.15) is 11.8 Å². The molecule has 0 amide bonds. The highest BCUT2D eigenvalue weighted by atomic mass is 19.4. The summed E-state index contributed by atoms with van der Waals surface area (Å²) in [7, 11) is 0. The largest absolute Gasteiger partial charge is 0.573 e. The topological polar surface area (TPSA) is 68.3 Å². The van der Waals surface area contributed by atoms with Crippen LogP contribution in [0.25, 0.3) is 0 Å². The molecule has 2 rings (SSSR count). The summed E-state index contributed by atoms with van der Waals surface area (Å²) in [6.07, 6.45) is -4.82. The molecule has 0 aliphatic carbocycles. The maximum atomic E-state index is 12.3. The number of rotatable bonds is 3. The molecular formula is C14H9F3N2O2. The van der Waals surface area contributed by atoms with Gasteiger partial charge in [-0.05, 0) is 24.3 Å². The molecule has 0 bridgehead atoms. The lowest BCUT2D eigenvalue weighted by molar-refractivity contribution is -0.275. The standard InChI is InChI=1S/C14H9F3N2O2/c15-14(16,17)21-13-4-2-1-3-12(13)20-10-6-5-9(8-18)11(19)7-10/h1-7H,19H2. The van der Waals surface area contributed by atoms with Crippen LogP contribution in [0.5, 0.6) is 17.2 Å². The molecule has 0 heterocycles. The van der Waals surface area contributed by atoms with Crippen molar-refractivity contribution in [1.82, 2.24) is 0 Å². The molecule has 2 N–H and O–H groups in total. The van der Waals surface area contributed by atoms with E-state index in [1.54, 1.807) is 0 Å². The summed E-state index contributed by atoms with van der Waals surface area (Å²) in [6.45, 7) is 0. The maximum Gasteiger partial charge on any atom is 0.573 e. The van der Waals surface area contributed by atoms with Gasteiger partial charge in [-0.1, -0.05) is 12.1 Å². The molecule has 7 heteroatoms. The smallest absolute Gasteiger partial charge is 0.453 e. The average Bonchev–Trinajstić information content (AvgIpc) is 2.40. The predicted octanol–water partition coefficient (Wildman–Crippen LogP) is 3.83. The number of benzene rings is 2. The number of nitriles is 1. The Labute approximate surface area is 118 Å². The van der Waals surface area contributed by atoms with Crippen molar-refractivity contribution < 1.29 is 22.6 Å². The molecule has 0 saturated heterocycles. The summed E-state index contributed by atoms with van der Waals surface area (Å²) in [4.78, 5) is 0. The van der Waals surface area contributed by atoms with Crippen molar-refractivity contribution in [2.45, 2.75) is 6.36 Å². The summed E-state index contributed by atoms with van der Waals surface area (Å²) in [5.41, 5.74) is 6.03. The van der Waals surface area contributed by atoms with E-state index in [0.717, 1.165) is 6.07 Å². The molecule has 0 saturated carbocycles. The highest BCUT2D eigenvalue weighted by Gasteiger charge is 2.32. The second-order valence-corrected chi connectivity index (χ2v) is 3.96. The molecular weight excluding hydrogens is 285 g/mol. The fourth-order valence-electron chi connectivity index (χ4n) is 1.58. The van der Waals surface area contributed by atoms with Crippen molar-refractivity contribution in [2.75, 3.05) is 5.73 Å². The monoisotopic (exact) mass is 294 g/mol. The van der Waals surface area contributed by atoms with Gasteiger partial charge in [0.2, 0.25) is 0 Å². The van der Waals surface area contributed by atoms with Gasteiger partial charge >= 0.3 is 6.36 Å². The Morgan fingerprint density at radius 2 is 1.71 bits per heavy atom. The van der Waals surface area contributed by atoms with Crippen LogP contribution in [0.3, 0.4) is 0 Å². The van der Waals surface area contributed by atoms with Crippen LogP contribution >= 0.6 is 0 Å². The van der Waals surface area contributed by atoms with E-state index >= 15 is 0 Å². The minimum absolute atomic E-state index is 0.112. The molecule has 0 aromatic heterocycles. The Morgan fingerprint density at radius 1 is 1.05 bits per heavy atom. The second-order valence-electron chi connectivity index (χ2n) is 3.96. The van der Waals surface area contributed by atoms with Gasteiger partial charge in [-0.25, -0.2) is 0 Å². The zero-order valence-corrected chi connectivity index (χ0v) is 10.5. The van der Waals surface area contributed by atoms with E-state index in [2.05, 4.69) is 4.74 Å². The van der Waals surface area contributed by atoms with Gasteiger partial charge in [0.05, 0.1) is 11.3 Å². The third-order valence-electron chi connectivity index (χ3n) is 2.45. The van der Waals surface area contributed by atoms with E-state index in [-0.39, 0.29) is 22.7 Å². The highest BCUT2D eigenvalue weighted by Crippen LogP contribution is 2.35. The number of nitrogens with zero attached hydrogens (tertiary/aromatic N) is 1. The van der Waals surface area contributed by atoms with Gasteiger partial charge in [0.25, 0.3) is 0 Å². The molecule has 0 aliphatic rings. The van der Waals surface area contributed by atoms with Gasteiger partial charge in [0.15, 0.2) is 11.5 Å². The molecule has 0 aliphatic heterocycles.